The first kappa shape index (κ1) is 34.1. The summed E-state index contributed by atoms with van der Waals surface area (Å²) in [6.45, 7) is 7.09. The summed E-state index contributed by atoms with van der Waals surface area (Å²) in [6, 6.07) is 6.51. The molecule has 5 atom stereocenters. The minimum atomic E-state index is -1.06. The van der Waals surface area contributed by atoms with E-state index in [1.807, 2.05) is 44.2 Å². The SMILES string of the molecule is Cc1cc(C(=O)N[C@H]2C[C@H]3C(=O)N[C@@H](Cc4ccccc4)c4nc(co4)C(=O)N[C@H](CC(C)C)C(=O)N[C@H](C)c4nc(co4)C(=O)N3C2)no1. The van der Waals surface area contributed by atoms with Crippen molar-refractivity contribution in [3.05, 3.63) is 89.1 Å². The number of nitrogens with zero attached hydrogens (tertiary/aromatic N) is 4. The fourth-order valence-electron chi connectivity index (χ4n) is 6.06. The number of nitrogens with one attached hydrogen (secondary N) is 4. The average molecular weight is 687 g/mol. The van der Waals surface area contributed by atoms with E-state index in [4.69, 9.17) is 13.4 Å². The molecule has 2 aliphatic heterocycles. The van der Waals surface area contributed by atoms with Crippen molar-refractivity contribution in [2.24, 2.45) is 5.92 Å². The summed E-state index contributed by atoms with van der Waals surface area (Å²) in [7, 11) is 0. The summed E-state index contributed by atoms with van der Waals surface area (Å²) in [5, 5.41) is 15.1. The number of oxazole rings is 2. The van der Waals surface area contributed by atoms with E-state index in [0.717, 1.165) is 11.8 Å². The van der Waals surface area contributed by atoms with Gasteiger partial charge < -0.3 is 39.5 Å². The van der Waals surface area contributed by atoms with E-state index in [9.17, 15) is 24.0 Å². The Kier molecular flexibility index (Phi) is 9.79. The molecule has 5 heterocycles. The van der Waals surface area contributed by atoms with Gasteiger partial charge in [-0.3, -0.25) is 24.0 Å². The van der Waals surface area contributed by atoms with Crippen molar-refractivity contribution >= 4 is 29.5 Å². The number of rotatable bonds is 6. The van der Waals surface area contributed by atoms with Gasteiger partial charge in [0, 0.05) is 25.1 Å². The average Bonchev–Trinajstić information content (AvgIpc) is 3.90. The lowest BCUT2D eigenvalue weighted by Crippen LogP contribution is -2.48. The van der Waals surface area contributed by atoms with Crippen molar-refractivity contribution < 1.29 is 37.3 Å². The van der Waals surface area contributed by atoms with Gasteiger partial charge in [-0.15, -0.1) is 0 Å². The molecule has 50 heavy (non-hydrogen) atoms. The van der Waals surface area contributed by atoms with E-state index in [0.29, 0.717) is 12.2 Å². The number of fused-ring (bicyclic) bond motifs is 5. The third-order valence-corrected chi connectivity index (χ3v) is 8.51. The molecular formula is C34H38N8O8. The van der Waals surface area contributed by atoms with Gasteiger partial charge >= 0.3 is 0 Å². The molecule has 4 aromatic rings. The maximum Gasteiger partial charge on any atom is 0.276 e. The third kappa shape index (κ3) is 7.58. The second-order valence-electron chi connectivity index (χ2n) is 13.0. The summed E-state index contributed by atoms with van der Waals surface area (Å²) in [4.78, 5) is 77.9. The molecule has 0 radical (unpaired) electrons. The Morgan fingerprint density at radius 3 is 2.40 bits per heavy atom. The van der Waals surface area contributed by atoms with Gasteiger partial charge in [0.1, 0.15) is 42.5 Å². The highest BCUT2D eigenvalue weighted by Gasteiger charge is 2.43. The van der Waals surface area contributed by atoms with E-state index in [-0.39, 0.29) is 54.2 Å². The molecule has 0 spiro atoms. The molecule has 3 aromatic heterocycles. The zero-order chi connectivity index (χ0) is 35.5. The first-order valence-electron chi connectivity index (χ1n) is 16.4. The lowest BCUT2D eigenvalue weighted by molar-refractivity contribution is -0.126. The van der Waals surface area contributed by atoms with Crippen molar-refractivity contribution in [3.63, 3.8) is 0 Å². The highest BCUT2D eigenvalue weighted by Crippen LogP contribution is 2.26. The van der Waals surface area contributed by atoms with Crippen molar-refractivity contribution in [1.82, 2.24) is 41.3 Å². The molecule has 1 saturated heterocycles. The maximum absolute atomic E-state index is 14.1. The van der Waals surface area contributed by atoms with Crippen LogP contribution in [0.3, 0.4) is 0 Å². The van der Waals surface area contributed by atoms with Gasteiger partial charge in [0.25, 0.3) is 17.7 Å². The van der Waals surface area contributed by atoms with Crippen LogP contribution in [0.1, 0.15) is 100 Å². The second-order valence-corrected chi connectivity index (χ2v) is 13.0. The van der Waals surface area contributed by atoms with Crippen molar-refractivity contribution in [2.75, 3.05) is 6.54 Å². The van der Waals surface area contributed by atoms with Crippen LogP contribution in [0.5, 0.6) is 0 Å². The Morgan fingerprint density at radius 1 is 0.960 bits per heavy atom. The van der Waals surface area contributed by atoms with Crippen LogP contribution in [0.4, 0.5) is 0 Å². The van der Waals surface area contributed by atoms with E-state index >= 15 is 0 Å². The maximum atomic E-state index is 14.1. The number of hydrogen-bond acceptors (Lipinski definition) is 11. The fraction of sp³-hybridized carbons (Fsp3) is 0.412. The van der Waals surface area contributed by atoms with Crippen molar-refractivity contribution in [1.29, 1.82) is 0 Å². The predicted molar refractivity (Wildman–Crippen MR) is 173 cm³/mol. The van der Waals surface area contributed by atoms with Gasteiger partial charge in [0.2, 0.25) is 23.6 Å². The number of carbonyl (C=O) groups excluding carboxylic acids is 5. The Balaban J connectivity index is 1.35. The Labute approximate surface area is 286 Å². The summed E-state index contributed by atoms with van der Waals surface area (Å²) in [5.74, 6) is -2.20. The zero-order valence-corrected chi connectivity index (χ0v) is 28.0. The van der Waals surface area contributed by atoms with Gasteiger partial charge in [-0.25, -0.2) is 9.97 Å². The molecule has 1 aromatic carbocycles. The van der Waals surface area contributed by atoms with Gasteiger partial charge in [0.05, 0.1) is 0 Å². The molecule has 16 nitrogen and oxygen atoms in total. The summed E-state index contributed by atoms with van der Waals surface area (Å²) >= 11 is 0. The second kappa shape index (κ2) is 14.4. The Bertz CT molecular complexity index is 1880. The third-order valence-electron chi connectivity index (χ3n) is 8.51. The van der Waals surface area contributed by atoms with Crippen LogP contribution in [0.2, 0.25) is 0 Å². The number of aromatic nitrogens is 3. The molecule has 5 amide bonds. The number of carbonyl (C=O) groups is 5. The number of amides is 5. The predicted octanol–water partition coefficient (Wildman–Crippen LogP) is 2.41. The molecule has 0 aliphatic carbocycles. The normalized spacial score (nSPS) is 23.1. The van der Waals surface area contributed by atoms with Crippen LogP contribution in [0, 0.1) is 12.8 Å². The molecule has 0 saturated carbocycles. The van der Waals surface area contributed by atoms with Crippen LogP contribution >= 0.6 is 0 Å². The number of aryl methyl sites for hydroxylation is 1. The number of hydrogen-bond donors (Lipinski definition) is 4. The van der Waals surface area contributed by atoms with Gasteiger partial charge in [-0.2, -0.15) is 0 Å². The van der Waals surface area contributed by atoms with Crippen molar-refractivity contribution in [3.8, 4) is 0 Å². The Morgan fingerprint density at radius 2 is 1.68 bits per heavy atom. The molecule has 2 aliphatic rings. The number of benzene rings is 1. The molecule has 6 rings (SSSR count). The highest BCUT2D eigenvalue weighted by atomic mass is 16.5. The smallest absolute Gasteiger partial charge is 0.276 e. The summed E-state index contributed by atoms with van der Waals surface area (Å²) < 4.78 is 16.4. The zero-order valence-electron chi connectivity index (χ0n) is 28.0. The molecule has 0 unspecified atom stereocenters. The lowest BCUT2D eigenvalue weighted by atomic mass is 10.0. The van der Waals surface area contributed by atoms with Gasteiger partial charge in [-0.1, -0.05) is 49.3 Å². The first-order chi connectivity index (χ1) is 23.9. The van der Waals surface area contributed by atoms with Crippen molar-refractivity contribution in [2.45, 2.75) is 77.2 Å². The molecule has 16 heteroatoms. The topological polar surface area (TPSA) is 215 Å². The van der Waals surface area contributed by atoms with Crippen LogP contribution in [0.15, 0.2) is 62.3 Å². The first-order valence-corrected chi connectivity index (χ1v) is 16.4. The highest BCUT2D eigenvalue weighted by molar-refractivity contribution is 5.98. The summed E-state index contributed by atoms with van der Waals surface area (Å²) in [5.41, 5.74) is 0.729. The van der Waals surface area contributed by atoms with Crippen LogP contribution in [0.25, 0.3) is 0 Å². The van der Waals surface area contributed by atoms with Crippen LogP contribution in [-0.2, 0) is 16.0 Å². The minimum Gasteiger partial charge on any atom is -0.446 e. The van der Waals surface area contributed by atoms with E-state index in [1.54, 1.807) is 13.8 Å². The lowest BCUT2D eigenvalue weighted by Gasteiger charge is -2.25. The van der Waals surface area contributed by atoms with Crippen LogP contribution < -0.4 is 21.3 Å². The quantitative estimate of drug-likeness (QED) is 0.231. The molecule has 262 valence electrons. The van der Waals surface area contributed by atoms with E-state index in [2.05, 4.69) is 36.4 Å². The molecular weight excluding hydrogens is 648 g/mol. The standard InChI is InChI=1S/C34H38N8O8/c1-17(2)10-22-28(43)35-19(4)32-40-26(16-48-32)34(47)42-14-21(36-29(44)23-11-18(3)50-41-23)13-27(42)31(46)38-24(12-20-8-6-5-7-9-20)33-39-25(15-49-33)30(45)37-22/h5-9,11,15-17,19,21-22,24,27H,10,12-14H2,1-4H3,(H,35,43)(H,36,44)(H,37,45)(H,38,46)/t19-,21+,22-,24+,27+/m1/s1. The van der Waals surface area contributed by atoms with Gasteiger partial charge in [-0.05, 0) is 38.2 Å². The van der Waals surface area contributed by atoms with Crippen LogP contribution in [-0.4, -0.2) is 74.2 Å². The van der Waals surface area contributed by atoms with E-state index < -0.39 is 59.7 Å². The fourth-order valence-corrected chi connectivity index (χ4v) is 6.06. The monoisotopic (exact) mass is 686 g/mol. The Hall–Kier alpha value is -5.80. The van der Waals surface area contributed by atoms with E-state index in [1.165, 1.54) is 17.2 Å². The minimum absolute atomic E-state index is 0.0302. The molecule has 4 bridgehead atoms. The molecule has 4 N–H and O–H groups in total. The van der Waals surface area contributed by atoms with Gasteiger partial charge in [0.15, 0.2) is 17.1 Å². The largest absolute Gasteiger partial charge is 0.446 e. The molecule has 1 fully saturated rings. The summed E-state index contributed by atoms with van der Waals surface area (Å²) in [6.07, 6.45) is 2.95.